The number of aromatic amines is 1. The van der Waals surface area contributed by atoms with Crippen molar-refractivity contribution >= 4 is 40.3 Å². The number of rotatable bonds is 6. The topological polar surface area (TPSA) is 102 Å². The van der Waals surface area contributed by atoms with E-state index in [1.807, 2.05) is 44.2 Å². The minimum atomic E-state index is -1.09. The SMILES string of the molecule is Cc1cc2c(c(C)c1C(=O)NC(Cc1c[nH]c3ccccc13)C(=O)O)CCN(C(=O)c1ccc(Cl)cc1)C2. The summed E-state index contributed by atoms with van der Waals surface area (Å²) >= 11 is 5.96. The van der Waals surface area contributed by atoms with E-state index in [0.29, 0.717) is 35.7 Å². The van der Waals surface area contributed by atoms with Gasteiger partial charge in [-0.2, -0.15) is 0 Å². The maximum Gasteiger partial charge on any atom is 0.326 e. The molecular weight excluding hydrogens is 502 g/mol. The second-order valence-electron chi connectivity index (χ2n) is 9.74. The van der Waals surface area contributed by atoms with Crippen LogP contribution in [0.25, 0.3) is 10.9 Å². The number of carboxylic acids is 1. The predicted octanol–water partition coefficient (Wildman–Crippen LogP) is 5.06. The van der Waals surface area contributed by atoms with Crippen LogP contribution < -0.4 is 5.32 Å². The van der Waals surface area contributed by atoms with Gasteiger partial charge in [0.2, 0.25) is 0 Å². The van der Waals surface area contributed by atoms with Crippen LogP contribution in [-0.2, 0) is 24.2 Å². The van der Waals surface area contributed by atoms with Crippen molar-refractivity contribution in [1.29, 1.82) is 0 Å². The Labute approximate surface area is 225 Å². The van der Waals surface area contributed by atoms with Gasteiger partial charge in [-0.1, -0.05) is 35.9 Å². The van der Waals surface area contributed by atoms with E-state index in [1.165, 1.54) is 0 Å². The highest BCUT2D eigenvalue weighted by molar-refractivity contribution is 6.30. The number of halogens is 1. The molecule has 0 spiro atoms. The van der Waals surface area contributed by atoms with Gasteiger partial charge in [-0.15, -0.1) is 0 Å². The van der Waals surface area contributed by atoms with Crippen LogP contribution in [0.15, 0.2) is 60.8 Å². The van der Waals surface area contributed by atoms with E-state index < -0.39 is 17.9 Å². The van der Waals surface area contributed by atoms with Crippen molar-refractivity contribution in [3.63, 3.8) is 0 Å². The lowest BCUT2D eigenvalue weighted by Gasteiger charge is -2.31. The fraction of sp³-hybridized carbons (Fsp3) is 0.233. The van der Waals surface area contributed by atoms with Crippen molar-refractivity contribution < 1.29 is 19.5 Å². The molecule has 2 amide bonds. The van der Waals surface area contributed by atoms with Gasteiger partial charge in [0, 0.05) is 52.8 Å². The van der Waals surface area contributed by atoms with Gasteiger partial charge < -0.3 is 20.3 Å². The molecular formula is C30H28ClN3O4. The average molecular weight is 530 g/mol. The van der Waals surface area contributed by atoms with E-state index in [9.17, 15) is 19.5 Å². The lowest BCUT2D eigenvalue weighted by atomic mass is 9.88. The van der Waals surface area contributed by atoms with Crippen LogP contribution in [0.2, 0.25) is 5.02 Å². The first-order valence-corrected chi connectivity index (χ1v) is 12.9. The summed E-state index contributed by atoms with van der Waals surface area (Å²) in [5.74, 6) is -1.56. The summed E-state index contributed by atoms with van der Waals surface area (Å²) in [7, 11) is 0. The second kappa shape index (κ2) is 10.3. The van der Waals surface area contributed by atoms with E-state index in [-0.39, 0.29) is 12.3 Å². The third-order valence-electron chi connectivity index (χ3n) is 7.30. The van der Waals surface area contributed by atoms with Crippen molar-refractivity contribution in [2.45, 2.75) is 39.3 Å². The number of H-pyrrole nitrogens is 1. The minimum Gasteiger partial charge on any atom is -0.480 e. The predicted molar refractivity (Wildman–Crippen MR) is 147 cm³/mol. The lowest BCUT2D eigenvalue weighted by molar-refractivity contribution is -0.139. The third-order valence-corrected chi connectivity index (χ3v) is 7.55. The largest absolute Gasteiger partial charge is 0.480 e. The number of hydrogen-bond acceptors (Lipinski definition) is 3. The Morgan fingerprint density at radius 2 is 1.84 bits per heavy atom. The van der Waals surface area contributed by atoms with E-state index in [1.54, 1.807) is 35.4 Å². The monoisotopic (exact) mass is 529 g/mol. The first-order chi connectivity index (χ1) is 18.2. The molecule has 0 bridgehead atoms. The van der Waals surface area contributed by atoms with Crippen LogP contribution in [0.3, 0.4) is 0 Å². The first kappa shape index (κ1) is 25.5. The molecule has 3 aromatic carbocycles. The quantitative estimate of drug-likeness (QED) is 0.325. The number of hydrogen-bond donors (Lipinski definition) is 3. The molecule has 38 heavy (non-hydrogen) atoms. The number of amides is 2. The van der Waals surface area contributed by atoms with Gasteiger partial charge in [0.05, 0.1) is 0 Å². The maximum atomic E-state index is 13.4. The van der Waals surface area contributed by atoms with Crippen LogP contribution in [0.5, 0.6) is 0 Å². The Hall–Kier alpha value is -4.10. The van der Waals surface area contributed by atoms with Crippen LogP contribution in [0.4, 0.5) is 0 Å². The van der Waals surface area contributed by atoms with E-state index in [4.69, 9.17) is 11.6 Å². The summed E-state index contributed by atoms with van der Waals surface area (Å²) in [5, 5.41) is 14.2. The van der Waals surface area contributed by atoms with Crippen LogP contribution in [0, 0.1) is 13.8 Å². The van der Waals surface area contributed by atoms with E-state index >= 15 is 0 Å². The number of carbonyl (C=O) groups is 3. The summed E-state index contributed by atoms with van der Waals surface area (Å²) in [6.45, 7) is 4.71. The highest BCUT2D eigenvalue weighted by Gasteiger charge is 2.28. The molecule has 1 aliphatic rings. The number of aryl methyl sites for hydroxylation is 1. The molecule has 194 valence electrons. The summed E-state index contributed by atoms with van der Waals surface area (Å²) in [6.07, 6.45) is 2.56. The van der Waals surface area contributed by atoms with Crippen LogP contribution in [0.1, 0.15) is 48.5 Å². The molecule has 1 aromatic heterocycles. The molecule has 1 unspecified atom stereocenters. The molecule has 0 aliphatic carbocycles. The number of fused-ring (bicyclic) bond motifs is 2. The number of para-hydroxylation sites is 1. The Kier molecular flexibility index (Phi) is 6.95. The van der Waals surface area contributed by atoms with Gasteiger partial charge in [-0.05, 0) is 78.4 Å². The molecule has 0 fully saturated rings. The van der Waals surface area contributed by atoms with Gasteiger partial charge >= 0.3 is 5.97 Å². The van der Waals surface area contributed by atoms with Crippen molar-refractivity contribution in [3.8, 4) is 0 Å². The fourth-order valence-corrected chi connectivity index (χ4v) is 5.50. The smallest absolute Gasteiger partial charge is 0.326 e. The molecule has 3 N–H and O–H groups in total. The van der Waals surface area contributed by atoms with Crippen LogP contribution >= 0.6 is 11.6 Å². The van der Waals surface area contributed by atoms with E-state index in [2.05, 4.69) is 10.3 Å². The zero-order valence-corrected chi connectivity index (χ0v) is 21.9. The molecule has 7 nitrogen and oxygen atoms in total. The number of nitrogens with one attached hydrogen (secondary N) is 2. The number of carbonyl (C=O) groups excluding carboxylic acids is 2. The highest BCUT2D eigenvalue weighted by atomic mass is 35.5. The summed E-state index contributed by atoms with van der Waals surface area (Å²) < 4.78 is 0. The standard InChI is InChI=1S/C30H28ClN3O4/c1-17-13-21-16-34(29(36)19-7-9-22(31)10-8-19)12-11-23(21)18(2)27(17)28(35)33-26(30(37)38)14-20-15-32-25-6-4-3-5-24(20)25/h3-10,13,15,26,32H,11-12,14,16H2,1-2H3,(H,33,35)(H,37,38). The molecule has 1 aliphatic heterocycles. The Bertz CT molecular complexity index is 1560. The molecule has 2 heterocycles. The average Bonchev–Trinajstić information content (AvgIpc) is 3.30. The van der Waals surface area contributed by atoms with Gasteiger partial charge in [0.15, 0.2) is 0 Å². The van der Waals surface area contributed by atoms with Gasteiger partial charge in [0.1, 0.15) is 6.04 Å². The summed E-state index contributed by atoms with van der Waals surface area (Å²) in [6, 6.07) is 15.4. The Balaban J connectivity index is 1.36. The number of nitrogens with zero attached hydrogens (tertiary/aromatic N) is 1. The molecule has 0 radical (unpaired) electrons. The van der Waals surface area contributed by atoms with Crippen LogP contribution in [-0.4, -0.2) is 45.4 Å². The third kappa shape index (κ3) is 4.89. The van der Waals surface area contributed by atoms with E-state index in [0.717, 1.165) is 38.7 Å². The fourth-order valence-electron chi connectivity index (χ4n) is 5.38. The molecule has 5 rings (SSSR count). The zero-order chi connectivity index (χ0) is 27.0. The molecule has 1 atom stereocenters. The normalized spacial score (nSPS) is 13.7. The maximum absolute atomic E-state index is 13.4. The molecule has 0 saturated carbocycles. The summed E-state index contributed by atoms with van der Waals surface area (Å²) in [5.41, 5.74) is 6.43. The van der Waals surface area contributed by atoms with Crippen molar-refractivity contribution in [2.75, 3.05) is 6.54 Å². The number of aromatic nitrogens is 1. The molecule has 8 heteroatoms. The summed E-state index contributed by atoms with van der Waals surface area (Å²) in [4.78, 5) is 43.5. The number of aliphatic carboxylic acids is 1. The Morgan fingerprint density at radius 3 is 2.58 bits per heavy atom. The van der Waals surface area contributed by atoms with Crippen molar-refractivity contribution in [2.24, 2.45) is 0 Å². The molecule has 4 aromatic rings. The van der Waals surface area contributed by atoms with Gasteiger partial charge in [0.25, 0.3) is 11.8 Å². The van der Waals surface area contributed by atoms with Crippen molar-refractivity contribution in [3.05, 3.63) is 105 Å². The minimum absolute atomic E-state index is 0.0639. The number of carboxylic acid groups (broad SMARTS) is 1. The molecule has 0 saturated heterocycles. The van der Waals surface area contributed by atoms with Gasteiger partial charge in [-0.25, -0.2) is 4.79 Å². The first-order valence-electron chi connectivity index (χ1n) is 12.5. The van der Waals surface area contributed by atoms with Crippen molar-refractivity contribution in [1.82, 2.24) is 15.2 Å². The highest BCUT2D eigenvalue weighted by Crippen LogP contribution is 2.29. The van der Waals surface area contributed by atoms with Gasteiger partial charge in [-0.3, -0.25) is 9.59 Å². The lowest BCUT2D eigenvalue weighted by Crippen LogP contribution is -2.43. The second-order valence-corrected chi connectivity index (χ2v) is 10.2. The number of benzene rings is 3. The Morgan fingerprint density at radius 1 is 1.11 bits per heavy atom. The zero-order valence-electron chi connectivity index (χ0n) is 21.2.